The van der Waals surface area contributed by atoms with E-state index in [9.17, 15) is 19.8 Å². The molecule has 0 spiro atoms. The van der Waals surface area contributed by atoms with Crippen molar-refractivity contribution in [1.29, 1.82) is 0 Å². The molecule has 78 heavy (non-hydrogen) atoms. The lowest BCUT2D eigenvalue weighted by atomic mass is 10.0. The molecular formula is C72H137NO5. The van der Waals surface area contributed by atoms with E-state index in [4.69, 9.17) is 4.74 Å². The highest BCUT2D eigenvalue weighted by molar-refractivity contribution is 5.76. The first-order valence-corrected chi connectivity index (χ1v) is 35.3. The highest BCUT2D eigenvalue weighted by Crippen LogP contribution is 2.18. The SMILES string of the molecule is CCCCCCCCCCCCCCCCCCCCCCC/C=C/C(O)C(CO)NC(=O)CCCCCCCCCCC/C=C\C/C=C\CCCCCCCCCCCOC(=O)CCCCCCCCCCCCCCC. The van der Waals surface area contributed by atoms with Crippen LogP contribution in [0.1, 0.15) is 386 Å². The Kier molecular flexibility index (Phi) is 65.9. The van der Waals surface area contributed by atoms with Crippen molar-refractivity contribution in [2.45, 2.75) is 398 Å². The number of ether oxygens (including phenoxy) is 1. The third-order valence-corrected chi connectivity index (χ3v) is 16.4. The molecule has 0 aromatic carbocycles. The summed E-state index contributed by atoms with van der Waals surface area (Å²) in [4.78, 5) is 24.6. The van der Waals surface area contributed by atoms with Crippen LogP contribution in [-0.4, -0.2) is 47.4 Å². The van der Waals surface area contributed by atoms with E-state index in [1.807, 2.05) is 6.08 Å². The van der Waals surface area contributed by atoms with Gasteiger partial charge in [0.1, 0.15) is 0 Å². The fraction of sp³-hybridized carbons (Fsp3) is 0.889. The van der Waals surface area contributed by atoms with Crippen molar-refractivity contribution in [3.63, 3.8) is 0 Å². The molecule has 0 aliphatic carbocycles. The number of allylic oxidation sites excluding steroid dienone is 5. The summed E-state index contributed by atoms with van der Waals surface area (Å²) in [6.07, 6.45) is 86.5. The number of rotatable bonds is 66. The van der Waals surface area contributed by atoms with Crippen molar-refractivity contribution >= 4 is 11.9 Å². The lowest BCUT2D eigenvalue weighted by Gasteiger charge is -2.20. The number of nitrogens with one attached hydrogen (secondary N) is 1. The Bertz CT molecular complexity index is 1260. The molecule has 2 unspecified atom stereocenters. The number of esters is 1. The average molecular weight is 1100 g/mol. The molecule has 0 aromatic rings. The predicted molar refractivity (Wildman–Crippen MR) is 343 cm³/mol. The Morgan fingerprint density at radius 1 is 0.359 bits per heavy atom. The largest absolute Gasteiger partial charge is 0.466 e. The Morgan fingerprint density at radius 3 is 0.974 bits per heavy atom. The van der Waals surface area contributed by atoms with Crippen LogP contribution in [0, 0.1) is 0 Å². The fourth-order valence-corrected chi connectivity index (χ4v) is 11.0. The summed E-state index contributed by atoms with van der Waals surface area (Å²) < 4.78 is 5.48. The minimum Gasteiger partial charge on any atom is -0.466 e. The van der Waals surface area contributed by atoms with Gasteiger partial charge in [-0.3, -0.25) is 9.59 Å². The van der Waals surface area contributed by atoms with Crippen LogP contribution < -0.4 is 5.32 Å². The van der Waals surface area contributed by atoms with Crippen LogP contribution in [0.15, 0.2) is 36.5 Å². The van der Waals surface area contributed by atoms with Crippen LogP contribution in [0.5, 0.6) is 0 Å². The van der Waals surface area contributed by atoms with E-state index in [-0.39, 0.29) is 18.5 Å². The van der Waals surface area contributed by atoms with E-state index >= 15 is 0 Å². The number of carbonyl (C=O) groups excluding carboxylic acids is 2. The first kappa shape index (κ1) is 76.1. The number of hydrogen-bond acceptors (Lipinski definition) is 5. The Morgan fingerprint density at radius 2 is 0.641 bits per heavy atom. The van der Waals surface area contributed by atoms with Crippen LogP contribution in [-0.2, 0) is 14.3 Å². The van der Waals surface area contributed by atoms with Crippen molar-refractivity contribution in [3.05, 3.63) is 36.5 Å². The lowest BCUT2D eigenvalue weighted by molar-refractivity contribution is -0.143. The molecule has 6 nitrogen and oxygen atoms in total. The predicted octanol–water partition coefficient (Wildman–Crippen LogP) is 22.7. The molecule has 0 saturated heterocycles. The van der Waals surface area contributed by atoms with Gasteiger partial charge in [0.15, 0.2) is 0 Å². The standard InChI is InChI=1S/C72H137NO5/c1-3-5-7-9-11-13-15-17-18-19-20-21-25-28-31-34-37-41-44-48-52-56-60-64-70(75)69(68-74)73-71(76)65-61-57-53-49-45-42-38-35-32-29-26-23-22-24-27-30-33-36-39-43-47-51-55-59-63-67-78-72(77)66-62-58-54-50-46-40-16-14-12-10-8-6-4-2/h23-24,26-27,60,64,69-70,74-75H,3-22,25,28-59,61-63,65-68H2,1-2H3,(H,73,76)/b26-23-,27-24-,64-60+. The first-order valence-electron chi connectivity index (χ1n) is 35.3. The van der Waals surface area contributed by atoms with Crippen LogP contribution in [0.2, 0.25) is 0 Å². The quantitative estimate of drug-likeness (QED) is 0.0320. The van der Waals surface area contributed by atoms with Crippen molar-refractivity contribution in [2.75, 3.05) is 13.2 Å². The summed E-state index contributed by atoms with van der Waals surface area (Å²) in [6.45, 7) is 4.93. The number of aliphatic hydroxyl groups excluding tert-OH is 2. The highest BCUT2D eigenvalue weighted by atomic mass is 16.5. The number of aliphatic hydroxyl groups is 2. The summed E-state index contributed by atoms with van der Waals surface area (Å²) in [5.74, 6) is -0.0598. The van der Waals surface area contributed by atoms with Crippen LogP contribution in [0.3, 0.4) is 0 Å². The van der Waals surface area contributed by atoms with E-state index in [0.717, 1.165) is 44.9 Å². The summed E-state index contributed by atoms with van der Waals surface area (Å²) in [7, 11) is 0. The van der Waals surface area contributed by atoms with Gasteiger partial charge in [0, 0.05) is 12.8 Å². The molecule has 0 heterocycles. The van der Waals surface area contributed by atoms with E-state index in [1.54, 1.807) is 6.08 Å². The maximum atomic E-state index is 12.5. The zero-order chi connectivity index (χ0) is 56.4. The fourth-order valence-electron chi connectivity index (χ4n) is 11.0. The van der Waals surface area contributed by atoms with Gasteiger partial charge >= 0.3 is 5.97 Å². The van der Waals surface area contributed by atoms with Gasteiger partial charge in [0.05, 0.1) is 25.4 Å². The van der Waals surface area contributed by atoms with Crippen LogP contribution >= 0.6 is 0 Å². The topological polar surface area (TPSA) is 95.9 Å². The first-order chi connectivity index (χ1) is 38.5. The second kappa shape index (κ2) is 67.6. The molecule has 0 fully saturated rings. The van der Waals surface area contributed by atoms with Gasteiger partial charge < -0.3 is 20.3 Å². The number of unbranched alkanes of at least 4 members (excludes halogenated alkanes) is 51. The molecule has 0 rings (SSSR count). The second-order valence-corrected chi connectivity index (χ2v) is 24.2. The second-order valence-electron chi connectivity index (χ2n) is 24.2. The Labute approximate surface area is 487 Å². The summed E-state index contributed by atoms with van der Waals surface area (Å²) >= 11 is 0. The van der Waals surface area contributed by atoms with Crippen molar-refractivity contribution in [3.8, 4) is 0 Å². The van der Waals surface area contributed by atoms with Crippen molar-refractivity contribution in [1.82, 2.24) is 5.32 Å². The molecule has 0 aliphatic rings. The molecule has 0 bridgehead atoms. The minimum absolute atomic E-state index is 0.0106. The third kappa shape index (κ3) is 63.3. The van der Waals surface area contributed by atoms with Gasteiger partial charge in [-0.05, 0) is 64.2 Å². The normalized spacial score (nSPS) is 12.7. The molecule has 0 aliphatic heterocycles. The zero-order valence-corrected chi connectivity index (χ0v) is 52.7. The van der Waals surface area contributed by atoms with Crippen molar-refractivity contribution < 1.29 is 24.5 Å². The monoisotopic (exact) mass is 1100 g/mol. The van der Waals surface area contributed by atoms with Gasteiger partial charge in [-0.25, -0.2) is 0 Å². The molecule has 460 valence electrons. The van der Waals surface area contributed by atoms with E-state index in [2.05, 4.69) is 43.5 Å². The molecule has 0 aromatic heterocycles. The average Bonchev–Trinajstić information content (AvgIpc) is 3.44. The Balaban J connectivity index is 3.46. The van der Waals surface area contributed by atoms with Gasteiger partial charge in [0.2, 0.25) is 5.91 Å². The van der Waals surface area contributed by atoms with Crippen LogP contribution in [0.25, 0.3) is 0 Å². The maximum absolute atomic E-state index is 12.5. The number of hydrogen-bond donors (Lipinski definition) is 3. The number of amides is 1. The number of carbonyl (C=O) groups is 2. The summed E-state index contributed by atoms with van der Waals surface area (Å²) in [5, 5.41) is 23.3. The molecule has 0 radical (unpaired) electrons. The van der Waals surface area contributed by atoms with Gasteiger partial charge in [-0.1, -0.05) is 346 Å². The van der Waals surface area contributed by atoms with Gasteiger partial charge in [-0.15, -0.1) is 0 Å². The minimum atomic E-state index is -0.850. The smallest absolute Gasteiger partial charge is 0.305 e. The van der Waals surface area contributed by atoms with Gasteiger partial charge in [-0.2, -0.15) is 0 Å². The Hall–Kier alpha value is -1.92. The van der Waals surface area contributed by atoms with Crippen LogP contribution in [0.4, 0.5) is 0 Å². The molecule has 1 amide bonds. The molecule has 3 N–H and O–H groups in total. The molecule has 0 saturated carbocycles. The van der Waals surface area contributed by atoms with Crippen molar-refractivity contribution in [2.24, 2.45) is 0 Å². The molecule has 6 heteroatoms. The maximum Gasteiger partial charge on any atom is 0.305 e. The lowest BCUT2D eigenvalue weighted by Crippen LogP contribution is -2.45. The summed E-state index contributed by atoms with van der Waals surface area (Å²) in [5.41, 5.74) is 0. The molecular weight excluding hydrogens is 959 g/mol. The third-order valence-electron chi connectivity index (χ3n) is 16.4. The van der Waals surface area contributed by atoms with E-state index in [0.29, 0.717) is 19.4 Å². The zero-order valence-electron chi connectivity index (χ0n) is 52.7. The van der Waals surface area contributed by atoms with Gasteiger partial charge in [0.25, 0.3) is 0 Å². The van der Waals surface area contributed by atoms with E-state index < -0.39 is 12.1 Å². The van der Waals surface area contributed by atoms with E-state index in [1.165, 1.54) is 315 Å². The molecule has 2 atom stereocenters. The highest BCUT2D eigenvalue weighted by Gasteiger charge is 2.18. The summed E-state index contributed by atoms with van der Waals surface area (Å²) in [6, 6.07) is -0.634.